The molecular formula is C41H41N5O4. The van der Waals surface area contributed by atoms with Crippen LogP contribution in [-0.2, 0) is 39.6 Å². The van der Waals surface area contributed by atoms with Crippen molar-refractivity contribution in [1.29, 1.82) is 0 Å². The molecule has 0 radical (unpaired) electrons. The molecule has 0 spiro atoms. The predicted octanol–water partition coefficient (Wildman–Crippen LogP) is 6.80. The van der Waals surface area contributed by atoms with E-state index in [1.165, 1.54) is 5.56 Å². The summed E-state index contributed by atoms with van der Waals surface area (Å²) < 4.78 is 1.96. The van der Waals surface area contributed by atoms with Crippen LogP contribution in [0, 0.1) is 6.92 Å². The summed E-state index contributed by atoms with van der Waals surface area (Å²) in [6.07, 6.45) is 0.767. The van der Waals surface area contributed by atoms with E-state index in [0.29, 0.717) is 43.0 Å². The third-order valence-corrected chi connectivity index (χ3v) is 10.2. The minimum absolute atomic E-state index is 0.00925. The second-order valence-corrected chi connectivity index (χ2v) is 13.4. The van der Waals surface area contributed by atoms with Crippen molar-refractivity contribution in [3.05, 3.63) is 142 Å². The molecule has 1 aromatic heterocycles. The fraction of sp³-hybridized carbons (Fsp3) is 0.244. The minimum Gasteiger partial charge on any atom is -0.508 e. The van der Waals surface area contributed by atoms with Crippen LogP contribution in [0.15, 0.2) is 97.1 Å². The highest BCUT2D eigenvalue weighted by Gasteiger charge is 2.33. The molecule has 2 aliphatic heterocycles. The van der Waals surface area contributed by atoms with Crippen LogP contribution < -0.4 is 10.2 Å². The average molecular weight is 668 g/mol. The zero-order valence-electron chi connectivity index (χ0n) is 28.8. The molecule has 254 valence electrons. The first-order valence-corrected chi connectivity index (χ1v) is 16.9. The number of amides is 4. The summed E-state index contributed by atoms with van der Waals surface area (Å²) in [7, 11) is 3.62. The van der Waals surface area contributed by atoms with Crippen LogP contribution in [-0.4, -0.2) is 50.4 Å². The number of aromatic nitrogens is 1. The molecule has 9 heteroatoms. The first kappa shape index (κ1) is 32.7. The van der Waals surface area contributed by atoms with E-state index in [0.717, 1.165) is 45.6 Å². The number of rotatable bonds is 6. The van der Waals surface area contributed by atoms with Crippen molar-refractivity contribution in [2.24, 2.45) is 7.05 Å². The van der Waals surface area contributed by atoms with E-state index in [1.54, 1.807) is 41.1 Å². The van der Waals surface area contributed by atoms with Gasteiger partial charge in [-0.05, 0) is 90.6 Å². The Morgan fingerprint density at radius 3 is 2.20 bits per heavy atom. The van der Waals surface area contributed by atoms with Gasteiger partial charge in [0, 0.05) is 74.5 Å². The number of hydrogen-bond donors (Lipinski definition) is 2. The molecule has 0 unspecified atom stereocenters. The van der Waals surface area contributed by atoms with Crippen molar-refractivity contribution < 1.29 is 19.5 Å². The number of nitrogens with zero attached hydrogens (tertiary/aromatic N) is 4. The highest BCUT2D eigenvalue weighted by atomic mass is 16.3. The van der Waals surface area contributed by atoms with Crippen molar-refractivity contribution in [3.63, 3.8) is 0 Å². The van der Waals surface area contributed by atoms with Gasteiger partial charge in [0.1, 0.15) is 5.75 Å². The first-order valence-electron chi connectivity index (χ1n) is 16.9. The number of urea groups is 1. The summed E-state index contributed by atoms with van der Waals surface area (Å²) in [6.45, 7) is 5.72. The van der Waals surface area contributed by atoms with E-state index in [2.05, 4.69) is 24.4 Å². The molecule has 5 aromatic rings. The Bertz CT molecular complexity index is 2100. The lowest BCUT2D eigenvalue weighted by atomic mass is 9.92. The lowest BCUT2D eigenvalue weighted by molar-refractivity contribution is 0.0658. The Morgan fingerprint density at radius 1 is 0.820 bits per heavy atom. The number of anilines is 1. The minimum atomic E-state index is -0.202. The van der Waals surface area contributed by atoms with Crippen molar-refractivity contribution in [2.45, 2.75) is 52.5 Å². The molecule has 50 heavy (non-hydrogen) atoms. The summed E-state index contributed by atoms with van der Waals surface area (Å²) in [5.41, 5.74) is 9.27. The zero-order chi connectivity index (χ0) is 35.1. The second kappa shape index (κ2) is 13.2. The van der Waals surface area contributed by atoms with Crippen molar-refractivity contribution >= 4 is 23.5 Å². The van der Waals surface area contributed by atoms with Crippen molar-refractivity contribution in [2.75, 3.05) is 11.9 Å². The van der Waals surface area contributed by atoms with Crippen LogP contribution in [0.5, 0.6) is 5.75 Å². The quantitative estimate of drug-likeness (QED) is 0.208. The zero-order valence-corrected chi connectivity index (χ0v) is 28.8. The molecule has 3 heterocycles. The Morgan fingerprint density at radius 2 is 1.48 bits per heavy atom. The van der Waals surface area contributed by atoms with E-state index in [9.17, 15) is 19.5 Å². The fourth-order valence-corrected chi connectivity index (χ4v) is 7.12. The van der Waals surface area contributed by atoms with Crippen LogP contribution >= 0.6 is 0 Å². The van der Waals surface area contributed by atoms with Gasteiger partial charge in [-0.1, -0.05) is 54.6 Å². The number of hydrogen-bond acceptors (Lipinski definition) is 4. The Labute approximate surface area is 292 Å². The van der Waals surface area contributed by atoms with Gasteiger partial charge in [-0.15, -0.1) is 0 Å². The molecule has 0 saturated carbocycles. The summed E-state index contributed by atoms with van der Waals surface area (Å²) >= 11 is 0. The Hall–Kier alpha value is -5.83. The Kier molecular flexibility index (Phi) is 8.65. The van der Waals surface area contributed by atoms with Gasteiger partial charge >= 0.3 is 6.03 Å². The maximum absolute atomic E-state index is 14.7. The van der Waals surface area contributed by atoms with E-state index in [-0.39, 0.29) is 29.6 Å². The number of phenols is 1. The number of carbonyl (C=O) groups is 3. The summed E-state index contributed by atoms with van der Waals surface area (Å²) in [4.78, 5) is 47.1. The van der Waals surface area contributed by atoms with Crippen molar-refractivity contribution in [3.8, 4) is 17.0 Å². The molecule has 7 rings (SSSR count). The molecule has 4 amide bonds. The third-order valence-electron chi connectivity index (χ3n) is 10.2. The molecule has 0 saturated heterocycles. The molecule has 9 nitrogen and oxygen atoms in total. The molecule has 0 aliphatic carbocycles. The lowest BCUT2D eigenvalue weighted by Crippen LogP contribution is -2.42. The van der Waals surface area contributed by atoms with Gasteiger partial charge in [0.25, 0.3) is 11.8 Å². The van der Waals surface area contributed by atoms with Gasteiger partial charge in [-0.2, -0.15) is 0 Å². The van der Waals surface area contributed by atoms with E-state index >= 15 is 0 Å². The van der Waals surface area contributed by atoms with Crippen LogP contribution in [0.25, 0.3) is 11.3 Å². The standard InChI is InChI=1S/C41H41N5O4/c1-26-18-29-12-8-9-13-30(29)25-46(26)40(49)37-20-32-24-45(41(50)42-22-28-10-6-5-7-11-28)23-31(32)19-36(37)38-21-35(27(2)43(38)3)39(48)44(4)33-14-16-34(47)17-15-33/h5-17,19-21,26,47H,18,22-25H2,1-4H3,(H,42,50)/t26-/m1/s1. The monoisotopic (exact) mass is 667 g/mol. The molecular weight excluding hydrogens is 626 g/mol. The molecule has 2 aliphatic rings. The average Bonchev–Trinajstić information content (AvgIpc) is 3.69. The first-order chi connectivity index (χ1) is 24.1. The number of nitrogens with one attached hydrogen (secondary N) is 1. The summed E-state index contributed by atoms with van der Waals surface area (Å²) in [5.74, 6) is -0.156. The number of fused-ring (bicyclic) bond motifs is 2. The number of aromatic hydroxyl groups is 1. The van der Waals surface area contributed by atoms with E-state index in [4.69, 9.17) is 0 Å². The van der Waals surface area contributed by atoms with Gasteiger partial charge in [-0.3, -0.25) is 9.59 Å². The highest BCUT2D eigenvalue weighted by Crippen LogP contribution is 2.36. The summed E-state index contributed by atoms with van der Waals surface area (Å²) in [6, 6.07) is 30.2. The van der Waals surface area contributed by atoms with Crippen LogP contribution in [0.1, 0.15) is 61.2 Å². The SMILES string of the molecule is Cc1c(C(=O)N(C)c2ccc(O)cc2)cc(-c2cc3c(cc2C(=O)N2Cc4ccccc4C[C@H]2C)CN(C(=O)NCc2ccccc2)C3)n1C. The third kappa shape index (κ3) is 6.11. The topological polar surface area (TPSA) is 98.1 Å². The van der Waals surface area contributed by atoms with Crippen LogP contribution in [0.3, 0.4) is 0 Å². The lowest BCUT2D eigenvalue weighted by Gasteiger charge is -2.35. The van der Waals surface area contributed by atoms with Gasteiger partial charge in [0.2, 0.25) is 0 Å². The Balaban J connectivity index is 1.25. The predicted molar refractivity (Wildman–Crippen MR) is 194 cm³/mol. The molecule has 0 bridgehead atoms. The van der Waals surface area contributed by atoms with Gasteiger partial charge in [0.15, 0.2) is 0 Å². The van der Waals surface area contributed by atoms with E-state index in [1.807, 2.05) is 84.1 Å². The molecule has 4 aromatic carbocycles. The van der Waals surface area contributed by atoms with Crippen LogP contribution in [0.4, 0.5) is 10.5 Å². The van der Waals surface area contributed by atoms with Crippen LogP contribution in [0.2, 0.25) is 0 Å². The molecule has 2 N–H and O–H groups in total. The largest absolute Gasteiger partial charge is 0.508 e. The van der Waals surface area contributed by atoms with Crippen molar-refractivity contribution in [1.82, 2.24) is 19.7 Å². The second-order valence-electron chi connectivity index (χ2n) is 13.4. The van der Waals surface area contributed by atoms with Gasteiger partial charge in [0.05, 0.1) is 5.56 Å². The maximum Gasteiger partial charge on any atom is 0.318 e. The number of carbonyl (C=O) groups excluding carboxylic acids is 3. The van der Waals surface area contributed by atoms with E-state index < -0.39 is 0 Å². The normalized spacial score (nSPS) is 15.0. The smallest absolute Gasteiger partial charge is 0.318 e. The van der Waals surface area contributed by atoms with Gasteiger partial charge < -0.3 is 29.7 Å². The maximum atomic E-state index is 14.7. The summed E-state index contributed by atoms with van der Waals surface area (Å²) in [5, 5.41) is 12.8. The molecule has 0 fully saturated rings. The highest BCUT2D eigenvalue weighted by molar-refractivity contribution is 6.08. The van der Waals surface area contributed by atoms with Gasteiger partial charge in [-0.25, -0.2) is 4.79 Å². The number of benzene rings is 4. The molecule has 1 atom stereocenters. The fourth-order valence-electron chi connectivity index (χ4n) is 7.12. The number of phenolic OH excluding ortho intramolecular Hbond substituents is 1.